The molecule has 6 nitrogen and oxygen atoms in total. The van der Waals surface area contributed by atoms with Crippen LogP contribution in [0.15, 0.2) is 27.1 Å². The number of hydrogen-bond acceptors (Lipinski definition) is 4. The number of benzene rings is 1. The number of carbonyl (C=O) groups is 1. The van der Waals surface area contributed by atoms with Gasteiger partial charge in [-0.1, -0.05) is 15.9 Å². The van der Waals surface area contributed by atoms with E-state index in [1.165, 1.54) is 4.31 Å². The number of nitrogens with zero attached hydrogens (tertiary/aromatic N) is 1. The molecule has 0 atom stereocenters. The average molecular weight is 401 g/mol. The molecule has 0 unspecified atom stereocenters. The minimum Gasteiger partial charge on any atom is -0.451 e. The number of amides is 1. The van der Waals surface area contributed by atoms with E-state index in [2.05, 4.69) is 21.2 Å². The number of sulfonamides is 1. The van der Waals surface area contributed by atoms with Crippen LogP contribution in [0, 0.1) is 6.92 Å². The topological polar surface area (TPSA) is 79.6 Å². The van der Waals surface area contributed by atoms with Gasteiger partial charge in [0.2, 0.25) is 10.0 Å². The van der Waals surface area contributed by atoms with Crippen molar-refractivity contribution in [1.29, 1.82) is 0 Å². The Morgan fingerprint density at radius 2 is 2.22 bits per heavy atom. The van der Waals surface area contributed by atoms with Crippen molar-refractivity contribution in [2.45, 2.75) is 13.3 Å². The third kappa shape index (κ3) is 3.29. The number of furan rings is 1. The van der Waals surface area contributed by atoms with E-state index in [1.807, 2.05) is 19.1 Å². The number of carbonyl (C=O) groups excluding carboxylic acids is 1. The maximum Gasteiger partial charge on any atom is 0.287 e. The van der Waals surface area contributed by atoms with Gasteiger partial charge in [0.25, 0.3) is 5.91 Å². The standard InChI is InChI=1S/C15H17BrN2O4S/c1-10-12-9-11(16)3-4-13(12)22-14(10)15(19)17-5-7-18-6-2-8-23(18,20)21/h3-4,9H,2,5-8H2,1H3,(H,17,19). The summed E-state index contributed by atoms with van der Waals surface area (Å²) >= 11 is 3.40. The molecule has 1 amide bonds. The molecule has 1 aromatic carbocycles. The van der Waals surface area contributed by atoms with Gasteiger partial charge in [-0.25, -0.2) is 12.7 Å². The second-order valence-electron chi connectivity index (χ2n) is 5.52. The van der Waals surface area contributed by atoms with Gasteiger partial charge in [-0.05, 0) is 31.5 Å². The molecule has 0 radical (unpaired) electrons. The molecule has 1 N–H and O–H groups in total. The minimum atomic E-state index is -3.13. The van der Waals surface area contributed by atoms with Crippen molar-refractivity contribution in [3.8, 4) is 0 Å². The zero-order chi connectivity index (χ0) is 16.6. The van der Waals surface area contributed by atoms with Gasteiger partial charge in [0.05, 0.1) is 5.75 Å². The number of aryl methyl sites for hydroxylation is 1. The van der Waals surface area contributed by atoms with Crippen LogP contribution in [0.25, 0.3) is 11.0 Å². The monoisotopic (exact) mass is 400 g/mol. The van der Waals surface area contributed by atoms with Crippen LogP contribution in [0.5, 0.6) is 0 Å². The van der Waals surface area contributed by atoms with Crippen molar-refractivity contribution < 1.29 is 17.6 Å². The molecule has 2 heterocycles. The van der Waals surface area contributed by atoms with Crippen molar-refractivity contribution in [2.75, 3.05) is 25.4 Å². The van der Waals surface area contributed by atoms with Gasteiger partial charge in [-0.2, -0.15) is 0 Å². The van der Waals surface area contributed by atoms with Crippen LogP contribution in [0.1, 0.15) is 22.5 Å². The number of fused-ring (bicyclic) bond motifs is 1. The molecule has 1 saturated heterocycles. The van der Waals surface area contributed by atoms with E-state index < -0.39 is 10.0 Å². The SMILES string of the molecule is Cc1c(C(=O)NCCN2CCCS2(=O)=O)oc2ccc(Br)cc12. The third-order valence-electron chi connectivity index (χ3n) is 3.95. The van der Waals surface area contributed by atoms with Crippen molar-refractivity contribution >= 4 is 42.8 Å². The van der Waals surface area contributed by atoms with E-state index in [4.69, 9.17) is 4.42 Å². The summed E-state index contributed by atoms with van der Waals surface area (Å²) in [5.74, 6) is 0.132. The van der Waals surface area contributed by atoms with Crippen LogP contribution in [0.3, 0.4) is 0 Å². The molecule has 8 heteroatoms. The summed E-state index contributed by atoms with van der Waals surface area (Å²) in [4.78, 5) is 12.3. The summed E-state index contributed by atoms with van der Waals surface area (Å²) < 4.78 is 31.3. The Morgan fingerprint density at radius 1 is 1.43 bits per heavy atom. The highest BCUT2D eigenvalue weighted by Gasteiger charge is 2.27. The van der Waals surface area contributed by atoms with E-state index in [0.29, 0.717) is 25.1 Å². The van der Waals surface area contributed by atoms with Gasteiger partial charge in [-0.3, -0.25) is 4.79 Å². The molecule has 3 rings (SSSR count). The first-order valence-electron chi connectivity index (χ1n) is 7.33. The number of rotatable bonds is 4. The molecule has 1 aliphatic rings. The predicted molar refractivity (Wildman–Crippen MR) is 91.0 cm³/mol. The summed E-state index contributed by atoms with van der Waals surface area (Å²) in [5.41, 5.74) is 1.42. The maximum atomic E-state index is 12.3. The van der Waals surface area contributed by atoms with Crippen molar-refractivity contribution in [3.05, 3.63) is 34.0 Å². The van der Waals surface area contributed by atoms with E-state index in [1.54, 1.807) is 6.07 Å². The smallest absolute Gasteiger partial charge is 0.287 e. The van der Waals surface area contributed by atoms with Gasteiger partial charge in [0.15, 0.2) is 5.76 Å². The minimum absolute atomic E-state index is 0.193. The zero-order valence-electron chi connectivity index (χ0n) is 12.6. The van der Waals surface area contributed by atoms with Crippen molar-refractivity contribution in [2.24, 2.45) is 0 Å². The molecule has 0 saturated carbocycles. The molecule has 124 valence electrons. The molecule has 1 aromatic heterocycles. The van der Waals surface area contributed by atoms with Gasteiger partial charge in [0, 0.05) is 35.1 Å². The highest BCUT2D eigenvalue weighted by Crippen LogP contribution is 2.27. The van der Waals surface area contributed by atoms with E-state index in [-0.39, 0.29) is 24.0 Å². The van der Waals surface area contributed by atoms with Crippen LogP contribution in [0.2, 0.25) is 0 Å². The molecule has 0 aliphatic carbocycles. The normalized spacial score (nSPS) is 17.7. The fourth-order valence-electron chi connectivity index (χ4n) is 2.73. The molecular weight excluding hydrogens is 384 g/mol. The van der Waals surface area contributed by atoms with E-state index in [0.717, 1.165) is 15.4 Å². The van der Waals surface area contributed by atoms with Crippen molar-refractivity contribution in [3.63, 3.8) is 0 Å². The molecule has 2 aromatic rings. The van der Waals surface area contributed by atoms with Gasteiger partial charge in [-0.15, -0.1) is 0 Å². The first-order valence-corrected chi connectivity index (χ1v) is 9.73. The Bertz CT molecular complexity index is 860. The Hall–Kier alpha value is -1.38. The summed E-state index contributed by atoms with van der Waals surface area (Å²) in [6.07, 6.45) is 0.647. The molecule has 1 aliphatic heterocycles. The van der Waals surface area contributed by atoms with E-state index in [9.17, 15) is 13.2 Å². The Kier molecular flexibility index (Phi) is 4.48. The summed E-state index contributed by atoms with van der Waals surface area (Å²) in [6, 6.07) is 5.56. The lowest BCUT2D eigenvalue weighted by atomic mass is 10.1. The predicted octanol–water partition coefficient (Wildman–Crippen LogP) is 2.27. The number of nitrogens with one attached hydrogen (secondary N) is 1. The summed E-state index contributed by atoms with van der Waals surface area (Å²) in [7, 11) is -3.13. The Labute approximate surface area is 143 Å². The lowest BCUT2D eigenvalue weighted by Gasteiger charge is -2.14. The molecule has 0 bridgehead atoms. The Balaban J connectivity index is 1.68. The van der Waals surface area contributed by atoms with E-state index >= 15 is 0 Å². The second kappa shape index (κ2) is 6.26. The molecular formula is C15H17BrN2O4S. The highest BCUT2D eigenvalue weighted by atomic mass is 79.9. The maximum absolute atomic E-state index is 12.3. The van der Waals surface area contributed by atoms with Gasteiger partial charge < -0.3 is 9.73 Å². The average Bonchev–Trinajstić information content (AvgIpc) is 2.99. The second-order valence-corrected chi connectivity index (χ2v) is 8.53. The number of hydrogen-bond donors (Lipinski definition) is 1. The molecule has 1 fully saturated rings. The molecule has 23 heavy (non-hydrogen) atoms. The van der Waals surface area contributed by atoms with Crippen LogP contribution in [-0.2, 0) is 10.0 Å². The van der Waals surface area contributed by atoms with Crippen LogP contribution < -0.4 is 5.32 Å². The zero-order valence-corrected chi connectivity index (χ0v) is 15.0. The van der Waals surface area contributed by atoms with Crippen LogP contribution in [0.4, 0.5) is 0 Å². The quantitative estimate of drug-likeness (QED) is 0.853. The summed E-state index contributed by atoms with van der Waals surface area (Å²) in [5, 5.41) is 3.61. The van der Waals surface area contributed by atoms with Crippen LogP contribution >= 0.6 is 15.9 Å². The lowest BCUT2D eigenvalue weighted by Crippen LogP contribution is -2.35. The summed E-state index contributed by atoms with van der Waals surface area (Å²) in [6.45, 7) is 2.91. The largest absolute Gasteiger partial charge is 0.451 e. The third-order valence-corrected chi connectivity index (χ3v) is 6.40. The van der Waals surface area contributed by atoms with Gasteiger partial charge >= 0.3 is 0 Å². The lowest BCUT2D eigenvalue weighted by molar-refractivity contribution is 0.0925. The fourth-order valence-corrected chi connectivity index (χ4v) is 4.62. The fraction of sp³-hybridized carbons (Fsp3) is 0.400. The molecule has 0 spiro atoms. The van der Waals surface area contributed by atoms with Crippen molar-refractivity contribution in [1.82, 2.24) is 9.62 Å². The van der Waals surface area contributed by atoms with Crippen LogP contribution in [-0.4, -0.2) is 44.0 Å². The Morgan fingerprint density at radius 3 is 2.91 bits per heavy atom. The first kappa shape index (κ1) is 16.5. The van der Waals surface area contributed by atoms with Gasteiger partial charge in [0.1, 0.15) is 5.58 Å². The first-order chi connectivity index (χ1) is 10.9. The highest BCUT2D eigenvalue weighted by molar-refractivity contribution is 9.10. The number of halogens is 1.